The molecule has 1 aromatic carbocycles. The van der Waals surface area contributed by atoms with E-state index >= 15 is 0 Å². The highest BCUT2D eigenvalue weighted by atomic mass is 16.5. The Kier molecular flexibility index (Phi) is 6.07. The minimum Gasteiger partial charge on any atom is -0.488 e. The Bertz CT molecular complexity index is 416. The molecule has 0 aliphatic heterocycles. The molecule has 0 heterocycles. The van der Waals surface area contributed by atoms with Gasteiger partial charge in [0.2, 0.25) is 0 Å². The van der Waals surface area contributed by atoms with Gasteiger partial charge in [-0.25, -0.2) is 0 Å². The molecule has 1 fully saturated rings. The van der Waals surface area contributed by atoms with E-state index in [1.807, 2.05) is 0 Å². The van der Waals surface area contributed by atoms with Crippen molar-refractivity contribution in [3.8, 4) is 5.75 Å². The van der Waals surface area contributed by atoms with Crippen molar-refractivity contribution in [3.63, 3.8) is 0 Å². The molecule has 118 valence electrons. The van der Waals surface area contributed by atoms with Crippen molar-refractivity contribution in [1.82, 2.24) is 5.32 Å². The van der Waals surface area contributed by atoms with E-state index in [1.165, 1.54) is 5.56 Å². The van der Waals surface area contributed by atoms with Crippen LogP contribution in [-0.4, -0.2) is 31.4 Å². The molecule has 1 aliphatic carbocycles. The highest BCUT2D eigenvalue weighted by Gasteiger charge is 2.43. The molecule has 0 amide bonds. The Labute approximate surface area is 129 Å². The number of ether oxygens (including phenoxy) is 2. The van der Waals surface area contributed by atoms with Gasteiger partial charge in [0.1, 0.15) is 18.0 Å². The van der Waals surface area contributed by atoms with Crippen molar-refractivity contribution < 1.29 is 9.47 Å². The van der Waals surface area contributed by atoms with Crippen molar-refractivity contribution in [2.45, 2.75) is 64.7 Å². The van der Waals surface area contributed by atoms with Gasteiger partial charge >= 0.3 is 0 Å². The van der Waals surface area contributed by atoms with E-state index in [2.05, 4.69) is 57.3 Å². The van der Waals surface area contributed by atoms with Gasteiger partial charge < -0.3 is 14.8 Å². The molecule has 0 spiro atoms. The zero-order chi connectivity index (χ0) is 15.2. The lowest BCUT2D eigenvalue weighted by Crippen LogP contribution is -2.61. The largest absolute Gasteiger partial charge is 0.488 e. The minimum atomic E-state index is 0.172. The maximum Gasteiger partial charge on any atom is 0.128 e. The number of benzene rings is 1. The molecule has 1 aromatic rings. The van der Waals surface area contributed by atoms with Crippen LogP contribution in [0, 0.1) is 0 Å². The van der Waals surface area contributed by atoms with Crippen molar-refractivity contribution in [2.24, 2.45) is 0 Å². The van der Waals surface area contributed by atoms with Gasteiger partial charge in [0.05, 0.1) is 0 Å². The van der Waals surface area contributed by atoms with E-state index in [1.54, 1.807) is 0 Å². The molecule has 3 nitrogen and oxygen atoms in total. The number of likely N-dealkylation sites (N-methyl/N-ethyl adjacent to an activating group) is 1. The van der Waals surface area contributed by atoms with Crippen molar-refractivity contribution >= 4 is 0 Å². The van der Waals surface area contributed by atoms with Crippen molar-refractivity contribution in [1.29, 1.82) is 0 Å². The van der Waals surface area contributed by atoms with E-state index in [9.17, 15) is 0 Å². The predicted octanol–water partition coefficient (Wildman–Crippen LogP) is 3.73. The number of rotatable bonds is 8. The molecular weight excluding hydrogens is 262 g/mol. The quantitative estimate of drug-likeness (QED) is 0.791. The Morgan fingerprint density at radius 1 is 1.19 bits per heavy atom. The molecule has 1 saturated carbocycles. The van der Waals surface area contributed by atoms with Crippen LogP contribution in [0.3, 0.4) is 0 Å². The molecule has 0 saturated heterocycles. The Hall–Kier alpha value is -1.06. The average molecular weight is 291 g/mol. The topological polar surface area (TPSA) is 30.5 Å². The lowest BCUT2D eigenvalue weighted by atomic mass is 9.85. The summed E-state index contributed by atoms with van der Waals surface area (Å²) < 4.78 is 12.1. The van der Waals surface area contributed by atoms with E-state index in [-0.39, 0.29) is 12.2 Å². The van der Waals surface area contributed by atoms with Gasteiger partial charge in [0, 0.05) is 19.1 Å². The molecular formula is C18H29NO2. The van der Waals surface area contributed by atoms with Crippen LogP contribution in [0.4, 0.5) is 0 Å². The van der Waals surface area contributed by atoms with Gasteiger partial charge in [-0.15, -0.1) is 0 Å². The predicted molar refractivity (Wildman–Crippen MR) is 87.1 cm³/mol. The molecule has 2 rings (SSSR count). The van der Waals surface area contributed by atoms with Gasteiger partial charge in [-0.3, -0.25) is 0 Å². The molecule has 0 bridgehead atoms. The maximum absolute atomic E-state index is 6.11. The minimum absolute atomic E-state index is 0.172. The molecule has 21 heavy (non-hydrogen) atoms. The highest BCUT2D eigenvalue weighted by Crippen LogP contribution is 2.30. The number of hydrogen-bond donors (Lipinski definition) is 1. The zero-order valence-electron chi connectivity index (χ0n) is 13.8. The smallest absolute Gasteiger partial charge is 0.128 e. The lowest BCUT2D eigenvalue weighted by Gasteiger charge is -2.44. The Balaban J connectivity index is 1.91. The monoisotopic (exact) mass is 291 g/mol. The van der Waals surface area contributed by atoms with Gasteiger partial charge in [0.15, 0.2) is 0 Å². The summed E-state index contributed by atoms with van der Waals surface area (Å²) in [4.78, 5) is 0. The first-order chi connectivity index (χ1) is 10.2. The number of nitrogens with one attached hydrogen (secondary N) is 1. The molecule has 1 N–H and O–H groups in total. The summed E-state index contributed by atoms with van der Waals surface area (Å²) in [6, 6.07) is 8.89. The summed E-state index contributed by atoms with van der Waals surface area (Å²) in [5.74, 6) is 1.51. The van der Waals surface area contributed by atoms with Crippen LogP contribution < -0.4 is 10.1 Å². The average Bonchev–Trinajstić information content (AvgIpc) is 2.47. The summed E-state index contributed by atoms with van der Waals surface area (Å²) in [5.41, 5.74) is 1.35. The van der Waals surface area contributed by atoms with Crippen LogP contribution in [0.2, 0.25) is 0 Å². The van der Waals surface area contributed by atoms with Gasteiger partial charge in [-0.05, 0) is 36.6 Å². The van der Waals surface area contributed by atoms with Gasteiger partial charge in [-0.2, -0.15) is 0 Å². The molecule has 3 unspecified atom stereocenters. The number of hydrogen-bond acceptors (Lipinski definition) is 3. The molecule has 3 atom stereocenters. The fourth-order valence-corrected chi connectivity index (χ4v) is 2.74. The van der Waals surface area contributed by atoms with Crippen LogP contribution >= 0.6 is 0 Å². The summed E-state index contributed by atoms with van der Waals surface area (Å²) in [6.45, 7) is 10.5. The first-order valence-electron chi connectivity index (χ1n) is 8.27. The third-order valence-corrected chi connectivity index (χ3v) is 4.06. The van der Waals surface area contributed by atoms with E-state index in [0.717, 1.165) is 31.7 Å². The van der Waals surface area contributed by atoms with Crippen LogP contribution in [-0.2, 0) is 4.74 Å². The first-order valence-corrected chi connectivity index (χ1v) is 8.27. The highest BCUT2D eigenvalue weighted by molar-refractivity contribution is 5.29. The molecule has 3 heteroatoms. The standard InChI is InChI=1S/C18H29NO2/c1-5-11-20-18-16(19-6-2)12-17(18)21-15-9-7-14(8-10-15)13(3)4/h7-10,13,16-19H,5-6,11-12H2,1-4H3. The van der Waals surface area contributed by atoms with Gasteiger partial charge in [0.25, 0.3) is 0 Å². The SMILES string of the molecule is CCCOC1C(NCC)CC1Oc1ccc(C(C)C)cc1. The van der Waals surface area contributed by atoms with E-state index in [0.29, 0.717) is 12.0 Å². The Morgan fingerprint density at radius 3 is 2.48 bits per heavy atom. The third-order valence-electron chi connectivity index (χ3n) is 4.06. The zero-order valence-corrected chi connectivity index (χ0v) is 13.8. The second-order valence-corrected chi connectivity index (χ2v) is 6.12. The van der Waals surface area contributed by atoms with E-state index < -0.39 is 0 Å². The van der Waals surface area contributed by atoms with Crippen LogP contribution in [0.15, 0.2) is 24.3 Å². The fraction of sp³-hybridized carbons (Fsp3) is 0.667. The first kappa shape index (κ1) is 16.3. The second-order valence-electron chi connectivity index (χ2n) is 6.12. The van der Waals surface area contributed by atoms with Crippen LogP contribution in [0.1, 0.15) is 52.0 Å². The van der Waals surface area contributed by atoms with Crippen molar-refractivity contribution in [3.05, 3.63) is 29.8 Å². The van der Waals surface area contributed by atoms with Gasteiger partial charge in [-0.1, -0.05) is 39.8 Å². The summed E-state index contributed by atoms with van der Waals surface area (Å²) in [5, 5.41) is 3.48. The second kappa shape index (κ2) is 7.81. The Morgan fingerprint density at radius 2 is 1.90 bits per heavy atom. The molecule has 0 radical (unpaired) electrons. The fourth-order valence-electron chi connectivity index (χ4n) is 2.74. The summed E-state index contributed by atoms with van der Waals surface area (Å²) >= 11 is 0. The van der Waals surface area contributed by atoms with Crippen LogP contribution in [0.25, 0.3) is 0 Å². The van der Waals surface area contributed by atoms with Crippen LogP contribution in [0.5, 0.6) is 5.75 Å². The summed E-state index contributed by atoms with van der Waals surface area (Å²) in [7, 11) is 0. The molecule has 1 aliphatic rings. The molecule has 0 aromatic heterocycles. The normalized spacial score (nSPS) is 24.9. The lowest BCUT2D eigenvalue weighted by molar-refractivity contribution is -0.107. The third kappa shape index (κ3) is 4.21. The maximum atomic E-state index is 6.11. The summed E-state index contributed by atoms with van der Waals surface area (Å²) in [6.07, 6.45) is 2.42. The van der Waals surface area contributed by atoms with Crippen molar-refractivity contribution in [2.75, 3.05) is 13.2 Å². The van der Waals surface area contributed by atoms with E-state index in [4.69, 9.17) is 9.47 Å².